The number of benzene rings is 1. The van der Waals surface area contributed by atoms with Crippen LogP contribution < -0.4 is 0 Å². The van der Waals surface area contributed by atoms with Gasteiger partial charge in [0.05, 0.1) is 18.8 Å². The lowest BCUT2D eigenvalue weighted by Gasteiger charge is -2.24. The fraction of sp³-hybridized carbons (Fsp3) is 0.625. The van der Waals surface area contributed by atoms with Crippen LogP contribution in [0.2, 0.25) is 0 Å². The highest BCUT2D eigenvalue weighted by molar-refractivity contribution is 5.13. The van der Waals surface area contributed by atoms with Crippen molar-refractivity contribution in [3.8, 4) is 0 Å². The molecule has 2 aliphatic heterocycles. The van der Waals surface area contributed by atoms with Gasteiger partial charge in [0, 0.05) is 6.42 Å². The van der Waals surface area contributed by atoms with Gasteiger partial charge in [-0.3, -0.25) is 0 Å². The molecule has 2 aliphatic rings. The molecule has 2 fully saturated rings. The molecule has 20 heavy (non-hydrogen) atoms. The molecule has 1 aromatic rings. The van der Waals surface area contributed by atoms with Crippen molar-refractivity contribution in [1.29, 1.82) is 0 Å². The normalized spacial score (nSPS) is 33.0. The topological polar surface area (TPSA) is 36.9 Å². The van der Waals surface area contributed by atoms with Crippen molar-refractivity contribution in [2.45, 2.75) is 64.2 Å². The summed E-state index contributed by atoms with van der Waals surface area (Å²) in [7, 11) is 0. The molecule has 0 unspecified atom stereocenters. The molecule has 2 saturated heterocycles. The Kier molecular flexibility index (Phi) is 3.82. The fourth-order valence-electron chi connectivity index (χ4n) is 2.75. The first-order valence-electron chi connectivity index (χ1n) is 7.20. The van der Waals surface area contributed by atoms with Crippen molar-refractivity contribution in [2.24, 2.45) is 0 Å². The van der Waals surface area contributed by atoms with E-state index in [1.807, 2.05) is 39.0 Å². The summed E-state index contributed by atoms with van der Waals surface area (Å²) < 4.78 is 23.3. The molecule has 0 amide bonds. The van der Waals surface area contributed by atoms with Crippen LogP contribution in [-0.4, -0.2) is 30.4 Å². The van der Waals surface area contributed by atoms with Crippen LogP contribution in [-0.2, 0) is 25.6 Å². The van der Waals surface area contributed by atoms with Crippen LogP contribution in [0.3, 0.4) is 0 Å². The highest BCUT2D eigenvalue weighted by Gasteiger charge is 2.49. The smallest absolute Gasteiger partial charge is 0.187 e. The van der Waals surface area contributed by atoms with Crippen LogP contribution in [0.1, 0.15) is 32.8 Å². The van der Waals surface area contributed by atoms with Crippen LogP contribution >= 0.6 is 0 Å². The van der Waals surface area contributed by atoms with Gasteiger partial charge in [-0.1, -0.05) is 30.3 Å². The molecule has 0 spiro atoms. The Bertz CT molecular complexity index is 429. The number of hydrogen-bond acceptors (Lipinski definition) is 4. The molecule has 4 nitrogen and oxygen atoms in total. The Morgan fingerprint density at radius 3 is 2.70 bits per heavy atom. The first-order valence-corrected chi connectivity index (χ1v) is 7.20. The molecule has 0 aromatic heterocycles. The van der Waals surface area contributed by atoms with Crippen LogP contribution in [0.5, 0.6) is 0 Å². The van der Waals surface area contributed by atoms with E-state index in [-0.39, 0.29) is 24.6 Å². The van der Waals surface area contributed by atoms with Gasteiger partial charge in [-0.15, -0.1) is 0 Å². The summed E-state index contributed by atoms with van der Waals surface area (Å²) in [5.74, 6) is -0.533. The van der Waals surface area contributed by atoms with Gasteiger partial charge >= 0.3 is 0 Å². The first kappa shape index (κ1) is 14.0. The first-order chi connectivity index (χ1) is 9.53. The summed E-state index contributed by atoms with van der Waals surface area (Å²) in [5.41, 5.74) is 1.17. The lowest BCUT2D eigenvalue weighted by Crippen LogP contribution is -2.30. The van der Waals surface area contributed by atoms with Crippen LogP contribution in [0.4, 0.5) is 0 Å². The second kappa shape index (κ2) is 5.45. The van der Waals surface area contributed by atoms with Crippen molar-refractivity contribution in [2.75, 3.05) is 0 Å². The van der Waals surface area contributed by atoms with E-state index in [4.69, 9.17) is 18.9 Å². The monoisotopic (exact) mass is 278 g/mol. The molecular formula is C16H22O4. The second-order valence-electron chi connectivity index (χ2n) is 5.95. The predicted molar refractivity (Wildman–Crippen MR) is 74.0 cm³/mol. The average molecular weight is 278 g/mol. The highest BCUT2D eigenvalue weighted by Crippen LogP contribution is 2.38. The molecule has 4 heteroatoms. The zero-order valence-corrected chi connectivity index (χ0v) is 12.2. The van der Waals surface area contributed by atoms with Crippen molar-refractivity contribution >= 4 is 0 Å². The summed E-state index contributed by atoms with van der Waals surface area (Å²) in [6.07, 6.45) is 0.654. The summed E-state index contributed by atoms with van der Waals surface area (Å²) >= 11 is 0. The SMILES string of the molecule is C[C@@H](OCc1ccccc1)[C@@H]1C[C@H]2OC(C)(C)O[C@H]2O1. The molecular weight excluding hydrogens is 256 g/mol. The van der Waals surface area contributed by atoms with Crippen LogP contribution in [0.15, 0.2) is 30.3 Å². The fourth-order valence-corrected chi connectivity index (χ4v) is 2.75. The predicted octanol–water partition coefficient (Wildman–Crippen LogP) is 2.86. The lowest BCUT2D eigenvalue weighted by atomic mass is 10.1. The average Bonchev–Trinajstić information content (AvgIpc) is 2.90. The van der Waals surface area contributed by atoms with E-state index in [1.54, 1.807) is 0 Å². The number of rotatable bonds is 4. The summed E-state index contributed by atoms with van der Waals surface area (Å²) in [6, 6.07) is 10.2. The summed E-state index contributed by atoms with van der Waals surface area (Å²) in [6.45, 7) is 6.47. The minimum Gasteiger partial charge on any atom is -0.371 e. The number of ether oxygens (including phenoxy) is 4. The molecule has 0 aliphatic carbocycles. The Morgan fingerprint density at radius 1 is 1.25 bits per heavy atom. The minimum atomic E-state index is -0.533. The summed E-state index contributed by atoms with van der Waals surface area (Å²) in [5, 5.41) is 0. The zero-order valence-electron chi connectivity index (χ0n) is 12.2. The molecule has 0 saturated carbocycles. The maximum atomic E-state index is 5.90. The van der Waals surface area contributed by atoms with E-state index in [0.29, 0.717) is 6.61 Å². The van der Waals surface area contributed by atoms with Crippen molar-refractivity contribution in [3.05, 3.63) is 35.9 Å². The van der Waals surface area contributed by atoms with Gasteiger partial charge in [0.25, 0.3) is 0 Å². The largest absolute Gasteiger partial charge is 0.371 e. The van der Waals surface area contributed by atoms with Crippen molar-refractivity contribution in [1.82, 2.24) is 0 Å². The molecule has 2 heterocycles. The van der Waals surface area contributed by atoms with Crippen LogP contribution in [0, 0.1) is 0 Å². The van der Waals surface area contributed by atoms with E-state index in [9.17, 15) is 0 Å². The molecule has 4 atom stereocenters. The molecule has 110 valence electrons. The van der Waals surface area contributed by atoms with E-state index in [2.05, 4.69) is 12.1 Å². The van der Waals surface area contributed by atoms with E-state index < -0.39 is 5.79 Å². The quantitative estimate of drug-likeness (QED) is 0.848. The van der Waals surface area contributed by atoms with Gasteiger partial charge in [0.2, 0.25) is 0 Å². The van der Waals surface area contributed by atoms with Crippen molar-refractivity contribution < 1.29 is 18.9 Å². The van der Waals surface area contributed by atoms with Gasteiger partial charge in [-0.05, 0) is 26.3 Å². The van der Waals surface area contributed by atoms with Crippen LogP contribution in [0.25, 0.3) is 0 Å². The standard InChI is InChI=1S/C16H22O4/c1-11(17-10-12-7-5-4-6-8-12)13-9-14-15(18-13)20-16(2,3)19-14/h4-8,11,13-15H,9-10H2,1-3H3/t11-,13+,14-,15-/m1/s1. The minimum absolute atomic E-state index is 0.0242. The van der Waals surface area contributed by atoms with Gasteiger partial charge in [0.15, 0.2) is 12.1 Å². The molecule has 1 aromatic carbocycles. The van der Waals surface area contributed by atoms with Gasteiger partial charge < -0.3 is 18.9 Å². The number of fused-ring (bicyclic) bond motifs is 1. The third-order valence-corrected chi connectivity index (χ3v) is 3.79. The lowest BCUT2D eigenvalue weighted by molar-refractivity contribution is -0.216. The molecule has 0 N–H and O–H groups in total. The van der Waals surface area contributed by atoms with E-state index in [0.717, 1.165) is 6.42 Å². The molecule has 0 radical (unpaired) electrons. The van der Waals surface area contributed by atoms with Gasteiger partial charge in [-0.25, -0.2) is 0 Å². The Balaban J connectivity index is 1.49. The molecule has 3 rings (SSSR count). The van der Waals surface area contributed by atoms with Gasteiger partial charge in [0.1, 0.15) is 6.10 Å². The maximum Gasteiger partial charge on any atom is 0.187 e. The maximum absolute atomic E-state index is 5.90. The van der Waals surface area contributed by atoms with E-state index in [1.165, 1.54) is 5.56 Å². The van der Waals surface area contributed by atoms with Gasteiger partial charge in [-0.2, -0.15) is 0 Å². The van der Waals surface area contributed by atoms with E-state index >= 15 is 0 Å². The Labute approximate surface area is 120 Å². The zero-order chi connectivity index (χ0) is 14.2. The third-order valence-electron chi connectivity index (χ3n) is 3.79. The summed E-state index contributed by atoms with van der Waals surface area (Å²) in [4.78, 5) is 0. The number of hydrogen-bond donors (Lipinski definition) is 0. The Hall–Kier alpha value is -0.940. The highest BCUT2D eigenvalue weighted by atomic mass is 16.8. The molecule has 0 bridgehead atoms. The second-order valence-corrected chi connectivity index (χ2v) is 5.95. The third kappa shape index (κ3) is 3.04. The van der Waals surface area contributed by atoms with Crippen molar-refractivity contribution in [3.63, 3.8) is 0 Å². The Morgan fingerprint density at radius 2 is 2.00 bits per heavy atom.